The molecule has 1 aliphatic rings. The molecular formula is C18H21NO5. The first kappa shape index (κ1) is 18.0. The van der Waals surface area contributed by atoms with Crippen molar-refractivity contribution in [3.8, 4) is 0 Å². The maximum Gasteiger partial charge on any atom is 0.250 e. The summed E-state index contributed by atoms with van der Waals surface area (Å²) < 4.78 is 4.93. The maximum atomic E-state index is 12.4. The average molecular weight is 331 g/mol. The Morgan fingerprint density at radius 3 is 2.46 bits per heavy atom. The molecule has 0 spiro atoms. The minimum atomic E-state index is -0.529. The topological polar surface area (TPSA) is 89.5 Å². The van der Waals surface area contributed by atoms with Crippen LogP contribution in [0.5, 0.6) is 0 Å². The average Bonchev–Trinajstić information content (AvgIpc) is 2.55. The van der Waals surface area contributed by atoms with Gasteiger partial charge < -0.3 is 10.1 Å². The van der Waals surface area contributed by atoms with Crippen molar-refractivity contribution in [1.29, 1.82) is 0 Å². The summed E-state index contributed by atoms with van der Waals surface area (Å²) in [7, 11) is 0. The van der Waals surface area contributed by atoms with Gasteiger partial charge in [-0.05, 0) is 44.0 Å². The van der Waals surface area contributed by atoms with E-state index in [1.807, 2.05) is 0 Å². The first-order valence-corrected chi connectivity index (χ1v) is 8.01. The standard InChI is InChI=1S/C18H21NO5/c1-12(20)10-24-11-17(22)19-14-8-6-13(7-9-14)18(23)15-4-2-3-5-16(15)21/h6-9,15H,2-5,10-11H2,1H3,(H,19,22). The molecule has 6 nitrogen and oxygen atoms in total. The van der Waals surface area contributed by atoms with Gasteiger partial charge >= 0.3 is 0 Å². The van der Waals surface area contributed by atoms with Crippen LogP contribution >= 0.6 is 0 Å². The monoisotopic (exact) mass is 331 g/mol. The molecule has 0 saturated heterocycles. The molecule has 0 heterocycles. The van der Waals surface area contributed by atoms with Gasteiger partial charge in [0.25, 0.3) is 0 Å². The SMILES string of the molecule is CC(=O)COCC(=O)Nc1ccc(C(=O)C2CCCCC2=O)cc1. The molecule has 1 atom stereocenters. The second kappa shape index (κ2) is 8.49. The lowest BCUT2D eigenvalue weighted by Crippen LogP contribution is -2.27. The Labute approximate surface area is 140 Å². The molecule has 24 heavy (non-hydrogen) atoms. The Morgan fingerprint density at radius 2 is 1.83 bits per heavy atom. The summed E-state index contributed by atoms with van der Waals surface area (Å²) in [5, 5.41) is 2.62. The first-order valence-electron chi connectivity index (χ1n) is 8.01. The van der Waals surface area contributed by atoms with Gasteiger partial charge in [0.2, 0.25) is 5.91 Å². The van der Waals surface area contributed by atoms with Gasteiger partial charge in [-0.2, -0.15) is 0 Å². The zero-order chi connectivity index (χ0) is 17.5. The fourth-order valence-corrected chi connectivity index (χ4v) is 2.66. The van der Waals surface area contributed by atoms with Crippen LogP contribution in [0.25, 0.3) is 0 Å². The number of amides is 1. The van der Waals surface area contributed by atoms with Crippen molar-refractivity contribution in [2.75, 3.05) is 18.5 Å². The number of rotatable bonds is 7. The third-order valence-corrected chi connectivity index (χ3v) is 3.86. The van der Waals surface area contributed by atoms with E-state index in [-0.39, 0.29) is 36.5 Å². The predicted octanol–water partition coefficient (Wildman–Crippen LogP) is 2.17. The van der Waals surface area contributed by atoms with Crippen molar-refractivity contribution in [2.24, 2.45) is 5.92 Å². The summed E-state index contributed by atoms with van der Waals surface area (Å²) in [4.78, 5) is 46.6. The van der Waals surface area contributed by atoms with E-state index in [4.69, 9.17) is 4.74 Å². The normalized spacial score (nSPS) is 17.4. The van der Waals surface area contributed by atoms with Crippen LogP contribution in [0.15, 0.2) is 24.3 Å². The molecular weight excluding hydrogens is 310 g/mol. The predicted molar refractivity (Wildman–Crippen MR) is 87.9 cm³/mol. The molecule has 1 unspecified atom stereocenters. The highest BCUT2D eigenvalue weighted by atomic mass is 16.5. The lowest BCUT2D eigenvalue weighted by Gasteiger charge is -2.19. The minimum absolute atomic E-state index is 0.0197. The number of hydrogen-bond donors (Lipinski definition) is 1. The van der Waals surface area contributed by atoms with Gasteiger partial charge in [0.05, 0.1) is 5.92 Å². The highest BCUT2D eigenvalue weighted by Crippen LogP contribution is 2.24. The lowest BCUT2D eigenvalue weighted by molar-refractivity contribution is -0.126. The zero-order valence-corrected chi connectivity index (χ0v) is 13.7. The molecule has 0 aromatic heterocycles. The van der Waals surface area contributed by atoms with Crippen LogP contribution in [0.1, 0.15) is 43.0 Å². The Morgan fingerprint density at radius 1 is 1.12 bits per heavy atom. The fraction of sp³-hybridized carbons (Fsp3) is 0.444. The Hall–Kier alpha value is -2.34. The lowest BCUT2D eigenvalue weighted by atomic mass is 9.83. The number of ether oxygens (including phenoxy) is 1. The highest BCUT2D eigenvalue weighted by Gasteiger charge is 2.29. The molecule has 128 valence electrons. The van der Waals surface area contributed by atoms with E-state index in [0.717, 1.165) is 12.8 Å². The van der Waals surface area contributed by atoms with Gasteiger partial charge in [-0.25, -0.2) is 0 Å². The Balaban J connectivity index is 1.90. The maximum absolute atomic E-state index is 12.4. The molecule has 2 rings (SSSR count). The van der Waals surface area contributed by atoms with E-state index in [1.54, 1.807) is 24.3 Å². The van der Waals surface area contributed by atoms with Crippen LogP contribution in [-0.2, 0) is 19.1 Å². The fourth-order valence-electron chi connectivity index (χ4n) is 2.66. The number of ketones is 3. The first-order chi connectivity index (χ1) is 11.5. The van der Waals surface area contributed by atoms with Crippen molar-refractivity contribution < 1.29 is 23.9 Å². The number of hydrogen-bond acceptors (Lipinski definition) is 5. The van der Waals surface area contributed by atoms with Gasteiger partial charge in [0.15, 0.2) is 11.6 Å². The number of Topliss-reactive ketones (excluding diaryl/α,β-unsaturated/α-hetero) is 3. The quantitative estimate of drug-likeness (QED) is 0.611. The van der Waals surface area contributed by atoms with Crippen molar-refractivity contribution in [3.63, 3.8) is 0 Å². The summed E-state index contributed by atoms with van der Waals surface area (Å²) in [6.07, 6.45) is 2.85. The minimum Gasteiger partial charge on any atom is -0.364 e. The van der Waals surface area contributed by atoms with Gasteiger partial charge in [-0.3, -0.25) is 19.2 Å². The summed E-state index contributed by atoms with van der Waals surface area (Å²) in [6, 6.07) is 6.44. The van der Waals surface area contributed by atoms with Crippen LogP contribution in [0.2, 0.25) is 0 Å². The van der Waals surface area contributed by atoms with E-state index < -0.39 is 5.92 Å². The van der Waals surface area contributed by atoms with Gasteiger partial charge in [0, 0.05) is 17.7 Å². The third kappa shape index (κ3) is 5.09. The van der Waals surface area contributed by atoms with Crippen LogP contribution in [0.3, 0.4) is 0 Å². The largest absolute Gasteiger partial charge is 0.364 e. The summed E-state index contributed by atoms with van der Waals surface area (Å²) in [5.41, 5.74) is 0.999. The van der Waals surface area contributed by atoms with Gasteiger partial charge in [-0.15, -0.1) is 0 Å². The van der Waals surface area contributed by atoms with Crippen molar-refractivity contribution in [2.45, 2.75) is 32.6 Å². The molecule has 1 saturated carbocycles. The van der Waals surface area contributed by atoms with Gasteiger partial charge in [0.1, 0.15) is 19.0 Å². The number of benzene rings is 1. The van der Waals surface area contributed by atoms with E-state index in [1.165, 1.54) is 6.92 Å². The molecule has 6 heteroatoms. The molecule has 1 amide bonds. The number of carbonyl (C=O) groups excluding carboxylic acids is 4. The van der Waals surface area contributed by atoms with Gasteiger partial charge in [-0.1, -0.05) is 6.42 Å². The third-order valence-electron chi connectivity index (χ3n) is 3.86. The molecule has 1 N–H and O–H groups in total. The molecule has 1 aliphatic carbocycles. The van der Waals surface area contributed by atoms with E-state index in [0.29, 0.717) is 24.1 Å². The molecule has 0 aliphatic heterocycles. The number of nitrogens with one attached hydrogen (secondary N) is 1. The van der Waals surface area contributed by atoms with Crippen LogP contribution in [-0.4, -0.2) is 36.5 Å². The van der Waals surface area contributed by atoms with E-state index >= 15 is 0 Å². The van der Waals surface area contributed by atoms with E-state index in [9.17, 15) is 19.2 Å². The Bertz CT molecular complexity index is 635. The summed E-state index contributed by atoms with van der Waals surface area (Å²) in [6.45, 7) is 1.07. The zero-order valence-electron chi connectivity index (χ0n) is 13.7. The molecule has 1 fully saturated rings. The van der Waals surface area contributed by atoms with Crippen LogP contribution < -0.4 is 5.32 Å². The molecule has 1 aromatic carbocycles. The molecule has 1 aromatic rings. The Kier molecular flexibility index (Phi) is 6.37. The molecule has 0 bridgehead atoms. The van der Waals surface area contributed by atoms with Crippen molar-refractivity contribution in [1.82, 2.24) is 0 Å². The highest BCUT2D eigenvalue weighted by molar-refractivity contribution is 6.11. The second-order valence-corrected chi connectivity index (χ2v) is 5.95. The second-order valence-electron chi connectivity index (χ2n) is 5.95. The summed E-state index contributed by atoms with van der Waals surface area (Å²) >= 11 is 0. The number of carbonyl (C=O) groups is 4. The van der Waals surface area contributed by atoms with E-state index in [2.05, 4.69) is 5.32 Å². The van der Waals surface area contributed by atoms with Crippen LogP contribution in [0.4, 0.5) is 5.69 Å². The van der Waals surface area contributed by atoms with Crippen molar-refractivity contribution >= 4 is 28.9 Å². The number of anilines is 1. The smallest absolute Gasteiger partial charge is 0.250 e. The summed E-state index contributed by atoms with van der Waals surface area (Å²) in [5.74, 6) is -1.19. The van der Waals surface area contributed by atoms with Crippen molar-refractivity contribution in [3.05, 3.63) is 29.8 Å². The van der Waals surface area contributed by atoms with Crippen LogP contribution in [0, 0.1) is 5.92 Å². The molecule has 0 radical (unpaired) electrons.